The highest BCUT2D eigenvalue weighted by Crippen LogP contribution is 2.44. The van der Waals surface area contributed by atoms with Crippen molar-refractivity contribution in [3.63, 3.8) is 0 Å². The Morgan fingerprint density at radius 2 is 1.89 bits per heavy atom. The van der Waals surface area contributed by atoms with Gasteiger partial charge in [0.2, 0.25) is 0 Å². The number of carbonyl (C=O) groups is 4. The molecule has 3 atom stereocenters. The topological polar surface area (TPSA) is 162 Å². The first-order chi connectivity index (χ1) is 13.1. The van der Waals surface area contributed by atoms with Gasteiger partial charge in [0.15, 0.2) is 0 Å². The van der Waals surface area contributed by atoms with Crippen LogP contribution in [0.1, 0.15) is 41.3 Å². The van der Waals surface area contributed by atoms with E-state index in [1.807, 2.05) is 0 Å². The van der Waals surface area contributed by atoms with Crippen LogP contribution < -0.4 is 4.74 Å². The van der Waals surface area contributed by atoms with Crippen LogP contribution in [0.2, 0.25) is 0 Å². The summed E-state index contributed by atoms with van der Waals surface area (Å²) in [7, 11) is 0. The number of aliphatic carboxylic acids is 3. The molecular formula is C18H19NO9. The molecule has 28 heavy (non-hydrogen) atoms. The van der Waals surface area contributed by atoms with Gasteiger partial charge in [-0.05, 0) is 19.4 Å². The Balaban J connectivity index is 1.88. The zero-order chi connectivity index (χ0) is 20.7. The maximum absolute atomic E-state index is 12.7. The maximum atomic E-state index is 12.7. The number of fused-ring (bicyclic) bond motifs is 2. The lowest BCUT2D eigenvalue weighted by Crippen LogP contribution is -2.41. The van der Waals surface area contributed by atoms with Gasteiger partial charge in [-0.3, -0.25) is 14.4 Å². The number of hydrogen-bond donors (Lipinski definition) is 4. The quantitative estimate of drug-likeness (QED) is 0.522. The van der Waals surface area contributed by atoms with Crippen molar-refractivity contribution in [3.05, 3.63) is 22.8 Å². The van der Waals surface area contributed by atoms with Crippen molar-refractivity contribution in [2.75, 3.05) is 0 Å². The number of nitrogens with zero attached hydrogens (tertiary/aromatic N) is 1. The van der Waals surface area contributed by atoms with Crippen LogP contribution in [-0.4, -0.2) is 61.3 Å². The molecular weight excluding hydrogens is 374 g/mol. The number of phenols is 1. The normalized spacial score (nSPS) is 19.5. The summed E-state index contributed by atoms with van der Waals surface area (Å²) in [6.45, 7) is 1.30. The Kier molecular flexibility index (Phi) is 4.88. The van der Waals surface area contributed by atoms with Crippen molar-refractivity contribution in [1.29, 1.82) is 0 Å². The summed E-state index contributed by atoms with van der Waals surface area (Å²) >= 11 is 0. The second-order valence-corrected chi connectivity index (χ2v) is 6.93. The highest BCUT2D eigenvalue weighted by Gasteiger charge is 2.42. The van der Waals surface area contributed by atoms with E-state index >= 15 is 0 Å². The number of ether oxygens (including phenoxy) is 1. The summed E-state index contributed by atoms with van der Waals surface area (Å²) in [5, 5.41) is 37.9. The molecule has 4 N–H and O–H groups in total. The van der Waals surface area contributed by atoms with Gasteiger partial charge >= 0.3 is 17.9 Å². The van der Waals surface area contributed by atoms with Crippen LogP contribution >= 0.6 is 0 Å². The fourth-order valence-corrected chi connectivity index (χ4v) is 3.55. The minimum absolute atomic E-state index is 0.0708. The summed E-state index contributed by atoms with van der Waals surface area (Å²) in [6.07, 6.45) is -1.22. The molecule has 2 aliphatic heterocycles. The Morgan fingerprint density at radius 1 is 1.21 bits per heavy atom. The van der Waals surface area contributed by atoms with Gasteiger partial charge in [0.05, 0.1) is 18.0 Å². The molecule has 1 aromatic rings. The van der Waals surface area contributed by atoms with Gasteiger partial charge < -0.3 is 30.1 Å². The molecule has 0 saturated heterocycles. The van der Waals surface area contributed by atoms with E-state index in [0.29, 0.717) is 5.56 Å². The Hall–Kier alpha value is -3.30. The minimum atomic E-state index is -1.34. The van der Waals surface area contributed by atoms with Crippen molar-refractivity contribution in [1.82, 2.24) is 4.90 Å². The molecule has 0 fully saturated rings. The molecule has 0 unspecified atom stereocenters. The van der Waals surface area contributed by atoms with E-state index in [1.165, 1.54) is 13.0 Å². The monoisotopic (exact) mass is 393 g/mol. The van der Waals surface area contributed by atoms with Crippen LogP contribution in [0.3, 0.4) is 0 Å². The average Bonchev–Trinajstić information content (AvgIpc) is 3.17. The number of benzene rings is 1. The third-order valence-corrected chi connectivity index (χ3v) is 5.21. The molecule has 0 saturated carbocycles. The molecule has 0 spiro atoms. The number of phenolic OH excluding ortho intramolecular Hbond substituents is 1. The van der Waals surface area contributed by atoms with Crippen LogP contribution in [-0.2, 0) is 27.3 Å². The molecule has 0 radical (unpaired) electrons. The summed E-state index contributed by atoms with van der Waals surface area (Å²) in [6, 6.07) is 0.0446. The number of rotatable bonds is 7. The molecule has 10 nitrogen and oxygen atoms in total. The van der Waals surface area contributed by atoms with Crippen LogP contribution in [0.5, 0.6) is 11.5 Å². The van der Waals surface area contributed by atoms with Crippen LogP contribution in [0.25, 0.3) is 0 Å². The molecule has 150 valence electrons. The van der Waals surface area contributed by atoms with Gasteiger partial charge in [0.25, 0.3) is 5.91 Å². The van der Waals surface area contributed by atoms with Crippen molar-refractivity contribution in [3.8, 4) is 11.5 Å². The fraction of sp³-hybridized carbons (Fsp3) is 0.444. The molecule has 0 bridgehead atoms. The average molecular weight is 393 g/mol. The second kappa shape index (κ2) is 7.02. The van der Waals surface area contributed by atoms with Crippen molar-refractivity contribution in [2.24, 2.45) is 5.92 Å². The van der Waals surface area contributed by atoms with Gasteiger partial charge in [-0.2, -0.15) is 0 Å². The van der Waals surface area contributed by atoms with Crippen molar-refractivity contribution >= 4 is 23.8 Å². The lowest BCUT2D eigenvalue weighted by molar-refractivity contribution is -0.145. The molecule has 3 rings (SSSR count). The van der Waals surface area contributed by atoms with Crippen LogP contribution in [0, 0.1) is 5.92 Å². The summed E-state index contributed by atoms with van der Waals surface area (Å²) < 4.78 is 5.60. The number of carboxylic acid groups (broad SMARTS) is 3. The minimum Gasteiger partial charge on any atom is -0.507 e. The van der Waals surface area contributed by atoms with Crippen molar-refractivity contribution in [2.45, 2.75) is 44.9 Å². The maximum Gasteiger partial charge on any atom is 0.326 e. The van der Waals surface area contributed by atoms with Crippen molar-refractivity contribution < 1.29 is 44.3 Å². The Bertz CT molecular complexity index is 878. The first-order valence-corrected chi connectivity index (χ1v) is 8.64. The molecule has 2 aliphatic rings. The highest BCUT2D eigenvalue weighted by atomic mass is 16.5. The lowest BCUT2D eigenvalue weighted by atomic mass is 9.97. The number of carboxylic acids is 3. The van der Waals surface area contributed by atoms with E-state index in [0.717, 1.165) is 4.90 Å². The first-order valence-electron chi connectivity index (χ1n) is 8.64. The van der Waals surface area contributed by atoms with E-state index in [2.05, 4.69) is 0 Å². The molecule has 1 aromatic carbocycles. The molecule has 0 aliphatic carbocycles. The first kappa shape index (κ1) is 19.5. The number of carbonyl (C=O) groups excluding carboxylic acids is 1. The van der Waals surface area contributed by atoms with Gasteiger partial charge in [0, 0.05) is 24.0 Å². The van der Waals surface area contributed by atoms with Gasteiger partial charge in [-0.25, -0.2) is 4.79 Å². The van der Waals surface area contributed by atoms with E-state index in [1.54, 1.807) is 0 Å². The zero-order valence-electron chi connectivity index (χ0n) is 14.9. The number of amides is 1. The number of hydrogen-bond acceptors (Lipinski definition) is 6. The molecule has 0 aromatic heterocycles. The van der Waals surface area contributed by atoms with E-state index < -0.39 is 48.3 Å². The number of aromatic hydroxyl groups is 1. The van der Waals surface area contributed by atoms with Gasteiger partial charge in [-0.15, -0.1) is 0 Å². The third kappa shape index (κ3) is 3.21. The predicted molar refractivity (Wildman–Crippen MR) is 91.2 cm³/mol. The van der Waals surface area contributed by atoms with Crippen LogP contribution in [0.4, 0.5) is 0 Å². The summed E-state index contributed by atoms with van der Waals surface area (Å²) in [5.41, 5.74) is 0.683. The highest BCUT2D eigenvalue weighted by molar-refractivity contribution is 6.02. The second-order valence-electron chi connectivity index (χ2n) is 6.93. The van der Waals surface area contributed by atoms with E-state index in [4.69, 9.17) is 14.9 Å². The predicted octanol–water partition coefficient (Wildman–Crippen LogP) is 0.690. The molecule has 2 heterocycles. The van der Waals surface area contributed by atoms with Crippen LogP contribution in [0.15, 0.2) is 6.07 Å². The van der Waals surface area contributed by atoms with E-state index in [-0.39, 0.29) is 42.0 Å². The SMILES string of the molecule is C[C@@H](C(=O)O)[C@@H]1Cc2c(cc3c(c2O)CN([C@@H](CCC(=O)O)C(=O)O)C3=O)O1. The third-order valence-electron chi connectivity index (χ3n) is 5.21. The standard InChI is InChI=1S/C18H19NO9/c1-7(17(24)25)12-5-9-13(28-12)4-8-10(15(9)22)6-19(16(8)23)11(18(26)27)2-3-14(20)21/h4,7,11-12,22H,2-3,5-6H2,1H3,(H,20,21)(H,24,25)(H,26,27)/t7-,11+,12+/m1/s1. The summed E-state index contributed by atoms with van der Waals surface area (Å²) in [4.78, 5) is 47.2. The summed E-state index contributed by atoms with van der Waals surface area (Å²) in [5.74, 6) is -5.04. The van der Waals surface area contributed by atoms with E-state index in [9.17, 15) is 29.4 Å². The Labute approximate surface area is 158 Å². The fourth-order valence-electron chi connectivity index (χ4n) is 3.55. The lowest BCUT2D eigenvalue weighted by Gasteiger charge is -2.23. The molecule has 10 heteroatoms. The zero-order valence-corrected chi connectivity index (χ0v) is 14.9. The Morgan fingerprint density at radius 3 is 2.46 bits per heavy atom. The smallest absolute Gasteiger partial charge is 0.326 e. The van der Waals surface area contributed by atoms with Gasteiger partial charge in [0.1, 0.15) is 23.6 Å². The van der Waals surface area contributed by atoms with Gasteiger partial charge in [-0.1, -0.05) is 0 Å². The molecule has 1 amide bonds. The largest absolute Gasteiger partial charge is 0.507 e.